The molecule has 0 saturated carbocycles. The van der Waals surface area contributed by atoms with Crippen LogP contribution in [-0.4, -0.2) is 44.1 Å². The molecule has 0 fully saturated rings. The van der Waals surface area contributed by atoms with Gasteiger partial charge in [-0.1, -0.05) is 6.07 Å². The van der Waals surface area contributed by atoms with Gasteiger partial charge in [0.25, 0.3) is 0 Å². The van der Waals surface area contributed by atoms with Crippen LogP contribution in [0.3, 0.4) is 0 Å². The number of pyridine rings is 1. The number of anilines is 1. The van der Waals surface area contributed by atoms with Crippen LogP contribution in [0, 0.1) is 0 Å². The SMILES string of the molecule is CN(C)CCCN(C)c1cccc(Br)n1. The van der Waals surface area contributed by atoms with Gasteiger partial charge in [0.2, 0.25) is 0 Å². The summed E-state index contributed by atoms with van der Waals surface area (Å²) in [5.74, 6) is 1.02. The van der Waals surface area contributed by atoms with Gasteiger partial charge in [-0.15, -0.1) is 0 Å². The molecule has 1 rings (SSSR count). The van der Waals surface area contributed by atoms with Crippen molar-refractivity contribution in [3.8, 4) is 0 Å². The summed E-state index contributed by atoms with van der Waals surface area (Å²) in [7, 11) is 6.26. The first-order valence-corrected chi connectivity index (χ1v) is 5.87. The van der Waals surface area contributed by atoms with E-state index in [-0.39, 0.29) is 0 Å². The minimum Gasteiger partial charge on any atom is -0.360 e. The highest BCUT2D eigenvalue weighted by Gasteiger charge is 2.02. The number of hydrogen-bond donors (Lipinski definition) is 0. The fraction of sp³-hybridized carbons (Fsp3) is 0.545. The Morgan fingerprint density at radius 2 is 1.93 bits per heavy atom. The second-order valence-corrected chi connectivity index (χ2v) is 4.71. The molecule has 4 heteroatoms. The third kappa shape index (κ3) is 4.62. The maximum Gasteiger partial charge on any atom is 0.129 e. The van der Waals surface area contributed by atoms with E-state index in [4.69, 9.17) is 0 Å². The molecule has 1 heterocycles. The Labute approximate surface area is 100 Å². The molecule has 0 N–H and O–H groups in total. The Morgan fingerprint density at radius 1 is 1.20 bits per heavy atom. The van der Waals surface area contributed by atoms with Crippen molar-refractivity contribution in [2.45, 2.75) is 6.42 Å². The van der Waals surface area contributed by atoms with Gasteiger partial charge >= 0.3 is 0 Å². The lowest BCUT2D eigenvalue weighted by atomic mass is 10.3. The molecule has 15 heavy (non-hydrogen) atoms. The summed E-state index contributed by atoms with van der Waals surface area (Å²) in [5.41, 5.74) is 0. The molecule has 0 bridgehead atoms. The van der Waals surface area contributed by atoms with E-state index in [9.17, 15) is 0 Å². The monoisotopic (exact) mass is 271 g/mol. The zero-order chi connectivity index (χ0) is 11.3. The van der Waals surface area contributed by atoms with Crippen LogP contribution in [0.4, 0.5) is 5.82 Å². The molecule has 0 radical (unpaired) electrons. The van der Waals surface area contributed by atoms with Gasteiger partial charge in [-0.3, -0.25) is 0 Å². The second kappa shape index (κ2) is 6.08. The quantitative estimate of drug-likeness (QED) is 0.766. The Bertz CT molecular complexity index is 302. The van der Waals surface area contributed by atoms with Gasteiger partial charge in [-0.2, -0.15) is 0 Å². The third-order valence-electron chi connectivity index (χ3n) is 2.19. The summed E-state index contributed by atoms with van der Waals surface area (Å²) in [4.78, 5) is 8.77. The molecular weight excluding hydrogens is 254 g/mol. The van der Waals surface area contributed by atoms with Gasteiger partial charge in [0.05, 0.1) is 0 Å². The Kier molecular flexibility index (Phi) is 5.05. The summed E-state index contributed by atoms with van der Waals surface area (Å²) in [6.07, 6.45) is 1.15. The van der Waals surface area contributed by atoms with E-state index in [1.165, 1.54) is 0 Å². The molecule has 84 valence electrons. The van der Waals surface area contributed by atoms with Crippen LogP contribution >= 0.6 is 15.9 Å². The molecule has 0 unspecified atom stereocenters. The first-order chi connectivity index (χ1) is 7.09. The van der Waals surface area contributed by atoms with E-state index in [2.05, 4.69) is 51.9 Å². The smallest absolute Gasteiger partial charge is 0.129 e. The van der Waals surface area contributed by atoms with Crippen molar-refractivity contribution in [1.29, 1.82) is 0 Å². The lowest BCUT2D eigenvalue weighted by Crippen LogP contribution is -2.23. The largest absolute Gasteiger partial charge is 0.360 e. The van der Waals surface area contributed by atoms with E-state index in [0.29, 0.717) is 0 Å². The van der Waals surface area contributed by atoms with Crippen molar-refractivity contribution in [3.63, 3.8) is 0 Å². The van der Waals surface area contributed by atoms with Crippen molar-refractivity contribution in [1.82, 2.24) is 9.88 Å². The summed E-state index contributed by atoms with van der Waals surface area (Å²) in [6, 6.07) is 5.98. The van der Waals surface area contributed by atoms with E-state index in [0.717, 1.165) is 29.9 Å². The summed E-state index contributed by atoms with van der Waals surface area (Å²) in [6.45, 7) is 2.14. The topological polar surface area (TPSA) is 19.4 Å². The minimum atomic E-state index is 0.888. The fourth-order valence-corrected chi connectivity index (χ4v) is 1.68. The van der Waals surface area contributed by atoms with Crippen LogP contribution < -0.4 is 4.90 Å². The molecule has 0 aliphatic heterocycles. The molecule has 0 amide bonds. The van der Waals surface area contributed by atoms with E-state index in [1.807, 2.05) is 18.2 Å². The van der Waals surface area contributed by atoms with Crippen LogP contribution in [0.25, 0.3) is 0 Å². The number of halogens is 1. The van der Waals surface area contributed by atoms with Gasteiger partial charge < -0.3 is 9.80 Å². The highest BCUT2D eigenvalue weighted by atomic mass is 79.9. The summed E-state index contributed by atoms with van der Waals surface area (Å²) >= 11 is 3.38. The molecule has 3 nitrogen and oxygen atoms in total. The second-order valence-electron chi connectivity index (χ2n) is 3.90. The Morgan fingerprint density at radius 3 is 2.53 bits per heavy atom. The van der Waals surface area contributed by atoms with Crippen molar-refractivity contribution in [2.24, 2.45) is 0 Å². The van der Waals surface area contributed by atoms with E-state index < -0.39 is 0 Å². The molecule has 0 saturated heterocycles. The van der Waals surface area contributed by atoms with Crippen LogP contribution in [0.2, 0.25) is 0 Å². The molecule has 0 aliphatic carbocycles. The minimum absolute atomic E-state index is 0.888. The number of aromatic nitrogens is 1. The number of nitrogens with zero attached hydrogens (tertiary/aromatic N) is 3. The van der Waals surface area contributed by atoms with Gasteiger partial charge in [0.1, 0.15) is 10.4 Å². The first-order valence-electron chi connectivity index (χ1n) is 5.08. The normalized spacial score (nSPS) is 10.7. The van der Waals surface area contributed by atoms with Crippen molar-refractivity contribution in [2.75, 3.05) is 39.1 Å². The van der Waals surface area contributed by atoms with Gasteiger partial charge in [0, 0.05) is 13.6 Å². The number of rotatable bonds is 5. The van der Waals surface area contributed by atoms with Crippen molar-refractivity contribution < 1.29 is 0 Å². The lowest BCUT2D eigenvalue weighted by Gasteiger charge is -2.19. The standard InChI is InChI=1S/C11H18BrN3/c1-14(2)8-5-9-15(3)11-7-4-6-10(12)13-11/h4,6-7H,5,8-9H2,1-3H3. The maximum absolute atomic E-state index is 4.40. The number of hydrogen-bond acceptors (Lipinski definition) is 3. The average molecular weight is 272 g/mol. The molecule has 0 aromatic carbocycles. The lowest BCUT2D eigenvalue weighted by molar-refractivity contribution is 0.401. The Hall–Kier alpha value is -0.610. The molecule has 0 aliphatic rings. The highest BCUT2D eigenvalue weighted by molar-refractivity contribution is 9.10. The molecule has 1 aromatic rings. The van der Waals surface area contributed by atoms with Crippen molar-refractivity contribution >= 4 is 21.7 Å². The predicted octanol–water partition coefficient (Wildman–Crippen LogP) is 2.23. The highest BCUT2D eigenvalue weighted by Crippen LogP contribution is 2.13. The van der Waals surface area contributed by atoms with Gasteiger partial charge in [0.15, 0.2) is 0 Å². The van der Waals surface area contributed by atoms with Gasteiger partial charge in [-0.25, -0.2) is 4.98 Å². The van der Waals surface area contributed by atoms with Crippen LogP contribution in [0.15, 0.2) is 22.8 Å². The van der Waals surface area contributed by atoms with Gasteiger partial charge in [-0.05, 0) is 55.1 Å². The fourth-order valence-electron chi connectivity index (χ4n) is 1.35. The van der Waals surface area contributed by atoms with E-state index >= 15 is 0 Å². The zero-order valence-corrected chi connectivity index (χ0v) is 11.2. The van der Waals surface area contributed by atoms with E-state index in [1.54, 1.807) is 0 Å². The van der Waals surface area contributed by atoms with Crippen LogP contribution in [0.5, 0.6) is 0 Å². The first kappa shape index (κ1) is 12.5. The summed E-state index contributed by atoms with van der Waals surface area (Å²) in [5, 5.41) is 0. The molecular formula is C11H18BrN3. The summed E-state index contributed by atoms with van der Waals surface area (Å²) < 4.78 is 0.888. The molecule has 0 atom stereocenters. The Balaban J connectivity index is 2.43. The molecule has 1 aromatic heterocycles. The zero-order valence-electron chi connectivity index (χ0n) is 9.57. The van der Waals surface area contributed by atoms with Crippen LogP contribution in [0.1, 0.15) is 6.42 Å². The van der Waals surface area contributed by atoms with Crippen LogP contribution in [-0.2, 0) is 0 Å². The molecule has 0 spiro atoms. The van der Waals surface area contributed by atoms with Crippen molar-refractivity contribution in [3.05, 3.63) is 22.8 Å². The maximum atomic E-state index is 4.40. The predicted molar refractivity (Wildman–Crippen MR) is 68.4 cm³/mol. The average Bonchev–Trinajstić information content (AvgIpc) is 2.17. The third-order valence-corrected chi connectivity index (χ3v) is 2.63.